The molecule has 7 heteroatoms. The number of amides is 2. The summed E-state index contributed by atoms with van der Waals surface area (Å²) in [7, 11) is 1.86. The van der Waals surface area contributed by atoms with Gasteiger partial charge in [-0.1, -0.05) is 0 Å². The van der Waals surface area contributed by atoms with Crippen molar-refractivity contribution in [1.29, 1.82) is 0 Å². The standard InChI is InChI=1S/C11H21N3O4/c1-11(18-6-9(15)16)7-14(8-11)10(17)13-5-3-4-12-2/h12H,3-8H2,1-2H3,(H,13,17)(H,15,16). The van der Waals surface area contributed by atoms with Crippen LogP contribution in [0.1, 0.15) is 13.3 Å². The van der Waals surface area contributed by atoms with Gasteiger partial charge in [-0.15, -0.1) is 0 Å². The van der Waals surface area contributed by atoms with Crippen molar-refractivity contribution >= 4 is 12.0 Å². The highest BCUT2D eigenvalue weighted by molar-refractivity contribution is 5.75. The van der Waals surface area contributed by atoms with Gasteiger partial charge in [-0.2, -0.15) is 0 Å². The average molecular weight is 259 g/mol. The van der Waals surface area contributed by atoms with E-state index in [4.69, 9.17) is 9.84 Å². The van der Waals surface area contributed by atoms with Crippen molar-refractivity contribution in [2.24, 2.45) is 0 Å². The summed E-state index contributed by atoms with van der Waals surface area (Å²) in [6.45, 7) is 3.83. The Hall–Kier alpha value is -1.34. The van der Waals surface area contributed by atoms with Crippen molar-refractivity contribution in [3.8, 4) is 0 Å². The number of urea groups is 1. The van der Waals surface area contributed by atoms with Crippen LogP contribution in [0.15, 0.2) is 0 Å². The number of likely N-dealkylation sites (tertiary alicyclic amines) is 1. The molecule has 3 N–H and O–H groups in total. The highest BCUT2D eigenvalue weighted by Crippen LogP contribution is 2.24. The van der Waals surface area contributed by atoms with Crippen LogP contribution in [0.4, 0.5) is 4.79 Å². The van der Waals surface area contributed by atoms with Crippen LogP contribution in [0.5, 0.6) is 0 Å². The lowest BCUT2D eigenvalue weighted by atomic mass is 9.97. The zero-order valence-corrected chi connectivity index (χ0v) is 10.9. The largest absolute Gasteiger partial charge is 0.480 e. The Morgan fingerprint density at radius 1 is 1.39 bits per heavy atom. The van der Waals surface area contributed by atoms with E-state index in [9.17, 15) is 9.59 Å². The monoisotopic (exact) mass is 259 g/mol. The molecule has 0 aromatic carbocycles. The average Bonchev–Trinajstić information content (AvgIpc) is 2.28. The molecule has 18 heavy (non-hydrogen) atoms. The third kappa shape index (κ3) is 4.50. The number of nitrogens with one attached hydrogen (secondary N) is 2. The number of ether oxygens (including phenoxy) is 1. The Kier molecular flexibility index (Phi) is 5.36. The molecule has 1 aliphatic rings. The van der Waals surface area contributed by atoms with Gasteiger partial charge < -0.3 is 25.4 Å². The van der Waals surface area contributed by atoms with E-state index in [0.29, 0.717) is 19.6 Å². The maximum Gasteiger partial charge on any atom is 0.329 e. The first kappa shape index (κ1) is 14.7. The molecule has 104 valence electrons. The molecule has 0 saturated carbocycles. The van der Waals surface area contributed by atoms with E-state index in [1.54, 1.807) is 11.8 Å². The Bertz CT molecular complexity index is 303. The summed E-state index contributed by atoms with van der Waals surface area (Å²) in [4.78, 5) is 23.6. The summed E-state index contributed by atoms with van der Waals surface area (Å²) in [5.41, 5.74) is -0.527. The summed E-state index contributed by atoms with van der Waals surface area (Å²) in [6, 6.07) is -0.123. The van der Waals surface area contributed by atoms with E-state index in [2.05, 4.69) is 10.6 Å². The molecule has 2 amide bonds. The number of rotatable bonds is 7. The summed E-state index contributed by atoms with van der Waals surface area (Å²) < 4.78 is 5.22. The van der Waals surface area contributed by atoms with E-state index in [1.165, 1.54) is 0 Å². The van der Waals surface area contributed by atoms with Crippen molar-refractivity contribution < 1.29 is 19.4 Å². The quantitative estimate of drug-likeness (QED) is 0.535. The number of hydrogen-bond acceptors (Lipinski definition) is 4. The van der Waals surface area contributed by atoms with Crippen LogP contribution >= 0.6 is 0 Å². The smallest absolute Gasteiger partial charge is 0.329 e. The second-order valence-electron chi connectivity index (χ2n) is 4.68. The summed E-state index contributed by atoms with van der Waals surface area (Å²) >= 11 is 0. The van der Waals surface area contributed by atoms with E-state index < -0.39 is 11.6 Å². The summed E-state index contributed by atoms with van der Waals surface area (Å²) in [5.74, 6) is -0.994. The normalized spacial score (nSPS) is 17.1. The first-order chi connectivity index (χ1) is 8.47. The van der Waals surface area contributed by atoms with E-state index in [0.717, 1.165) is 13.0 Å². The van der Waals surface area contributed by atoms with Crippen molar-refractivity contribution in [2.45, 2.75) is 18.9 Å². The van der Waals surface area contributed by atoms with Crippen LogP contribution < -0.4 is 10.6 Å². The molecule has 1 heterocycles. The van der Waals surface area contributed by atoms with Gasteiger partial charge >= 0.3 is 12.0 Å². The lowest BCUT2D eigenvalue weighted by molar-refractivity contribution is -0.159. The molecule has 0 radical (unpaired) electrons. The maximum absolute atomic E-state index is 11.6. The molecule has 0 aromatic rings. The highest BCUT2D eigenvalue weighted by Gasteiger charge is 2.42. The first-order valence-corrected chi connectivity index (χ1v) is 6.00. The topological polar surface area (TPSA) is 90.9 Å². The number of carbonyl (C=O) groups excluding carboxylic acids is 1. The van der Waals surface area contributed by atoms with Gasteiger partial charge in [0, 0.05) is 6.54 Å². The van der Waals surface area contributed by atoms with Gasteiger partial charge in [0.25, 0.3) is 0 Å². The molecule has 0 bridgehead atoms. The summed E-state index contributed by atoms with van der Waals surface area (Å²) in [6.07, 6.45) is 0.878. The van der Waals surface area contributed by atoms with Crippen molar-refractivity contribution in [1.82, 2.24) is 15.5 Å². The summed E-state index contributed by atoms with van der Waals surface area (Å²) in [5, 5.41) is 14.3. The van der Waals surface area contributed by atoms with Crippen LogP contribution in [-0.2, 0) is 9.53 Å². The third-order valence-electron chi connectivity index (χ3n) is 2.76. The Morgan fingerprint density at radius 3 is 2.61 bits per heavy atom. The van der Waals surface area contributed by atoms with Gasteiger partial charge in [-0.3, -0.25) is 0 Å². The van der Waals surface area contributed by atoms with Gasteiger partial charge in [0.1, 0.15) is 12.2 Å². The molecule has 0 atom stereocenters. The van der Waals surface area contributed by atoms with Gasteiger partial charge in [-0.05, 0) is 26.9 Å². The van der Waals surface area contributed by atoms with E-state index >= 15 is 0 Å². The van der Waals surface area contributed by atoms with Crippen molar-refractivity contribution in [3.05, 3.63) is 0 Å². The molecular formula is C11H21N3O4. The minimum atomic E-state index is -0.994. The number of carboxylic acids is 1. The van der Waals surface area contributed by atoms with Gasteiger partial charge in [0.05, 0.1) is 13.1 Å². The van der Waals surface area contributed by atoms with Gasteiger partial charge in [-0.25, -0.2) is 9.59 Å². The maximum atomic E-state index is 11.6. The number of hydrogen-bond donors (Lipinski definition) is 3. The SMILES string of the molecule is CNCCCNC(=O)N1CC(C)(OCC(=O)O)C1. The molecule has 0 aliphatic carbocycles. The Balaban J connectivity index is 2.16. The zero-order valence-electron chi connectivity index (χ0n) is 10.9. The predicted molar refractivity (Wildman–Crippen MR) is 65.5 cm³/mol. The minimum Gasteiger partial charge on any atom is -0.480 e. The van der Waals surface area contributed by atoms with Crippen LogP contribution in [0.25, 0.3) is 0 Å². The first-order valence-electron chi connectivity index (χ1n) is 6.00. The number of carboxylic acid groups (broad SMARTS) is 1. The molecule has 1 fully saturated rings. The number of aliphatic carboxylic acids is 1. The zero-order chi connectivity index (χ0) is 13.6. The molecular weight excluding hydrogens is 238 g/mol. The fourth-order valence-electron chi connectivity index (χ4n) is 1.80. The molecule has 0 aromatic heterocycles. The molecule has 0 spiro atoms. The van der Waals surface area contributed by atoms with Gasteiger partial charge in [0.15, 0.2) is 0 Å². The molecule has 1 saturated heterocycles. The van der Waals surface area contributed by atoms with Crippen molar-refractivity contribution in [3.63, 3.8) is 0 Å². The third-order valence-corrected chi connectivity index (χ3v) is 2.76. The second-order valence-corrected chi connectivity index (χ2v) is 4.68. The van der Waals surface area contributed by atoms with Gasteiger partial charge in [0.2, 0.25) is 0 Å². The molecule has 1 aliphatic heterocycles. The lowest BCUT2D eigenvalue weighted by Gasteiger charge is -2.46. The fraction of sp³-hybridized carbons (Fsp3) is 0.818. The molecule has 1 rings (SSSR count). The van der Waals surface area contributed by atoms with Crippen LogP contribution in [-0.4, -0.2) is 67.4 Å². The van der Waals surface area contributed by atoms with Crippen molar-refractivity contribution in [2.75, 3.05) is 39.8 Å². The van der Waals surface area contributed by atoms with Crippen LogP contribution in [0.2, 0.25) is 0 Å². The van der Waals surface area contributed by atoms with Crippen LogP contribution in [0.3, 0.4) is 0 Å². The van der Waals surface area contributed by atoms with E-state index in [-0.39, 0.29) is 12.6 Å². The molecule has 7 nitrogen and oxygen atoms in total. The Morgan fingerprint density at radius 2 is 2.06 bits per heavy atom. The minimum absolute atomic E-state index is 0.123. The van der Waals surface area contributed by atoms with E-state index in [1.807, 2.05) is 7.05 Å². The lowest BCUT2D eigenvalue weighted by Crippen LogP contribution is -2.65. The number of carbonyl (C=O) groups is 2. The van der Waals surface area contributed by atoms with Crippen LogP contribution in [0, 0.1) is 0 Å². The fourth-order valence-corrected chi connectivity index (χ4v) is 1.80. The Labute approximate surface area is 106 Å². The molecule has 0 unspecified atom stereocenters. The highest BCUT2D eigenvalue weighted by atomic mass is 16.5. The predicted octanol–water partition coefficient (Wildman–Crippen LogP) is -0.519. The second kappa shape index (κ2) is 6.55. The number of nitrogens with zero attached hydrogens (tertiary/aromatic N) is 1.